The van der Waals surface area contributed by atoms with Gasteiger partial charge in [0.15, 0.2) is 0 Å². The Bertz CT molecular complexity index is 517. The third kappa shape index (κ3) is 5.30. The standard InChI is InChI=1S/C19H27BrO4/c1-19(2,18(21)22-3)17-12-15(20)11-16(24-17)9-10-23-13-14-7-5-4-6-8-14/h4-8,15-17H,9-13H2,1-3H3/t15-,16-,17-/m1/s1. The van der Waals surface area contributed by atoms with Crippen molar-refractivity contribution in [2.75, 3.05) is 13.7 Å². The molecule has 0 amide bonds. The highest BCUT2D eigenvalue weighted by atomic mass is 79.9. The molecule has 3 atom stereocenters. The van der Waals surface area contributed by atoms with E-state index in [0.717, 1.165) is 19.3 Å². The zero-order chi connectivity index (χ0) is 17.6. The van der Waals surface area contributed by atoms with Crippen LogP contribution in [-0.2, 0) is 25.6 Å². The van der Waals surface area contributed by atoms with E-state index < -0.39 is 5.41 Å². The topological polar surface area (TPSA) is 44.8 Å². The van der Waals surface area contributed by atoms with E-state index in [-0.39, 0.29) is 18.2 Å². The summed E-state index contributed by atoms with van der Waals surface area (Å²) in [6, 6.07) is 10.1. The Morgan fingerprint density at radius 1 is 1.29 bits per heavy atom. The number of hydrogen-bond acceptors (Lipinski definition) is 4. The van der Waals surface area contributed by atoms with Crippen molar-refractivity contribution >= 4 is 21.9 Å². The van der Waals surface area contributed by atoms with Crippen molar-refractivity contribution in [1.82, 2.24) is 0 Å². The minimum absolute atomic E-state index is 0.0906. The van der Waals surface area contributed by atoms with Crippen LogP contribution >= 0.6 is 15.9 Å². The van der Waals surface area contributed by atoms with E-state index >= 15 is 0 Å². The number of hydrogen-bond donors (Lipinski definition) is 0. The van der Waals surface area contributed by atoms with E-state index in [0.29, 0.717) is 18.0 Å². The number of alkyl halides is 1. The zero-order valence-corrected chi connectivity index (χ0v) is 16.3. The SMILES string of the molecule is COC(=O)C(C)(C)[C@H]1C[C@H](Br)C[C@@H](CCOCc2ccccc2)O1. The molecule has 4 nitrogen and oxygen atoms in total. The molecule has 1 aromatic rings. The molecular formula is C19H27BrO4. The van der Waals surface area contributed by atoms with Crippen LogP contribution in [0.4, 0.5) is 0 Å². The highest BCUT2D eigenvalue weighted by Crippen LogP contribution is 2.37. The van der Waals surface area contributed by atoms with Crippen molar-refractivity contribution in [2.45, 2.75) is 56.8 Å². The monoisotopic (exact) mass is 398 g/mol. The molecule has 1 aromatic carbocycles. The van der Waals surface area contributed by atoms with Gasteiger partial charge in [-0.05, 0) is 38.7 Å². The van der Waals surface area contributed by atoms with E-state index in [1.165, 1.54) is 12.7 Å². The zero-order valence-electron chi connectivity index (χ0n) is 14.7. The number of esters is 1. The maximum absolute atomic E-state index is 12.0. The van der Waals surface area contributed by atoms with Crippen LogP contribution in [0.1, 0.15) is 38.7 Å². The second kappa shape index (κ2) is 8.97. The van der Waals surface area contributed by atoms with Crippen molar-refractivity contribution in [2.24, 2.45) is 5.41 Å². The molecule has 1 fully saturated rings. The fourth-order valence-corrected chi connectivity index (χ4v) is 3.74. The average molecular weight is 399 g/mol. The first-order valence-corrected chi connectivity index (χ1v) is 9.34. The van der Waals surface area contributed by atoms with Gasteiger partial charge in [0.05, 0.1) is 31.3 Å². The third-order valence-electron chi connectivity index (χ3n) is 4.56. The van der Waals surface area contributed by atoms with Gasteiger partial charge in [-0.3, -0.25) is 4.79 Å². The summed E-state index contributed by atoms with van der Waals surface area (Å²) in [5, 5.41) is 0. The molecule has 0 aromatic heterocycles. The molecule has 0 bridgehead atoms. The second-order valence-corrected chi connectivity index (χ2v) is 8.15. The first-order valence-electron chi connectivity index (χ1n) is 8.43. The summed E-state index contributed by atoms with van der Waals surface area (Å²) in [7, 11) is 1.42. The summed E-state index contributed by atoms with van der Waals surface area (Å²) in [5.41, 5.74) is 0.523. The van der Waals surface area contributed by atoms with Gasteiger partial charge in [0, 0.05) is 11.4 Å². The Balaban J connectivity index is 1.81. The highest BCUT2D eigenvalue weighted by molar-refractivity contribution is 9.09. The molecule has 0 unspecified atom stereocenters. The van der Waals surface area contributed by atoms with Crippen LogP contribution in [0, 0.1) is 5.41 Å². The van der Waals surface area contributed by atoms with Crippen molar-refractivity contribution in [3.63, 3.8) is 0 Å². The van der Waals surface area contributed by atoms with Crippen LogP contribution in [0.25, 0.3) is 0 Å². The van der Waals surface area contributed by atoms with Crippen LogP contribution < -0.4 is 0 Å². The van der Waals surface area contributed by atoms with Gasteiger partial charge < -0.3 is 14.2 Å². The number of benzene rings is 1. The van der Waals surface area contributed by atoms with Crippen molar-refractivity contribution in [3.05, 3.63) is 35.9 Å². The van der Waals surface area contributed by atoms with Crippen LogP contribution in [0.5, 0.6) is 0 Å². The summed E-state index contributed by atoms with van der Waals surface area (Å²) >= 11 is 3.71. The van der Waals surface area contributed by atoms with Gasteiger partial charge in [-0.2, -0.15) is 0 Å². The van der Waals surface area contributed by atoms with Crippen molar-refractivity contribution in [3.8, 4) is 0 Å². The Labute approximate surface area is 153 Å². The van der Waals surface area contributed by atoms with E-state index in [1.54, 1.807) is 0 Å². The molecule has 1 aliphatic heterocycles. The highest BCUT2D eigenvalue weighted by Gasteiger charge is 2.43. The first-order chi connectivity index (χ1) is 11.4. The molecule has 0 spiro atoms. The van der Waals surface area contributed by atoms with E-state index in [2.05, 4.69) is 28.1 Å². The predicted molar refractivity (Wildman–Crippen MR) is 97.1 cm³/mol. The molecule has 1 aliphatic rings. The lowest BCUT2D eigenvalue weighted by Gasteiger charge is -2.40. The lowest BCUT2D eigenvalue weighted by molar-refractivity contribution is -0.169. The molecule has 2 rings (SSSR count). The Morgan fingerprint density at radius 3 is 2.67 bits per heavy atom. The van der Waals surface area contributed by atoms with Gasteiger partial charge in [-0.1, -0.05) is 46.3 Å². The molecule has 0 saturated carbocycles. The predicted octanol–water partition coefficient (Wildman–Crippen LogP) is 4.10. The number of carbonyl (C=O) groups is 1. The molecular weight excluding hydrogens is 372 g/mol. The molecule has 1 saturated heterocycles. The molecule has 5 heteroatoms. The first kappa shape index (κ1) is 19.4. The Kier molecular flexibility index (Phi) is 7.26. The van der Waals surface area contributed by atoms with Crippen molar-refractivity contribution in [1.29, 1.82) is 0 Å². The van der Waals surface area contributed by atoms with Crippen molar-refractivity contribution < 1.29 is 19.0 Å². The molecule has 0 N–H and O–H groups in total. The van der Waals surface area contributed by atoms with Crippen LogP contribution in [-0.4, -0.2) is 36.7 Å². The number of methoxy groups -OCH3 is 1. The lowest BCUT2D eigenvalue weighted by atomic mass is 9.81. The van der Waals surface area contributed by atoms with Gasteiger partial charge in [-0.15, -0.1) is 0 Å². The molecule has 1 heterocycles. The fourth-order valence-electron chi connectivity index (χ4n) is 2.98. The third-order valence-corrected chi connectivity index (χ3v) is 5.30. The maximum atomic E-state index is 12.0. The minimum atomic E-state index is -0.648. The smallest absolute Gasteiger partial charge is 0.313 e. The number of rotatable bonds is 7. The minimum Gasteiger partial charge on any atom is -0.469 e. The summed E-state index contributed by atoms with van der Waals surface area (Å²) in [6.07, 6.45) is 2.50. The summed E-state index contributed by atoms with van der Waals surface area (Å²) < 4.78 is 16.9. The summed E-state index contributed by atoms with van der Waals surface area (Å²) in [4.78, 5) is 12.4. The van der Waals surface area contributed by atoms with Crippen LogP contribution in [0.2, 0.25) is 0 Å². The Morgan fingerprint density at radius 2 is 2.00 bits per heavy atom. The lowest BCUT2D eigenvalue weighted by Crippen LogP contribution is -2.46. The van der Waals surface area contributed by atoms with Gasteiger partial charge >= 0.3 is 5.97 Å². The molecule has 134 valence electrons. The van der Waals surface area contributed by atoms with Gasteiger partial charge in [0.1, 0.15) is 0 Å². The average Bonchev–Trinajstić information content (AvgIpc) is 2.58. The normalized spacial score (nSPS) is 24.6. The number of ether oxygens (including phenoxy) is 3. The van der Waals surface area contributed by atoms with Gasteiger partial charge in [-0.25, -0.2) is 0 Å². The van der Waals surface area contributed by atoms with E-state index in [9.17, 15) is 4.79 Å². The van der Waals surface area contributed by atoms with Crippen LogP contribution in [0.3, 0.4) is 0 Å². The van der Waals surface area contributed by atoms with E-state index in [4.69, 9.17) is 14.2 Å². The number of halogens is 1. The second-order valence-electron chi connectivity index (χ2n) is 6.86. The molecule has 24 heavy (non-hydrogen) atoms. The maximum Gasteiger partial charge on any atom is 0.313 e. The van der Waals surface area contributed by atoms with Gasteiger partial charge in [0.25, 0.3) is 0 Å². The molecule has 0 aliphatic carbocycles. The summed E-state index contributed by atoms with van der Waals surface area (Å²) in [5.74, 6) is -0.229. The largest absolute Gasteiger partial charge is 0.469 e. The summed E-state index contributed by atoms with van der Waals surface area (Å²) in [6.45, 7) is 5.03. The fraction of sp³-hybridized carbons (Fsp3) is 0.632. The van der Waals surface area contributed by atoms with Crippen LogP contribution in [0.15, 0.2) is 30.3 Å². The molecule has 0 radical (unpaired) electrons. The van der Waals surface area contributed by atoms with Gasteiger partial charge in [0.2, 0.25) is 0 Å². The quantitative estimate of drug-likeness (QED) is 0.393. The number of carbonyl (C=O) groups excluding carboxylic acids is 1. The van der Waals surface area contributed by atoms with E-state index in [1.807, 2.05) is 32.0 Å². The Hall–Kier alpha value is -0.910.